The first-order valence-corrected chi connectivity index (χ1v) is 12.6. The van der Waals surface area contributed by atoms with Crippen LogP contribution in [0, 0.1) is 0 Å². The summed E-state index contributed by atoms with van der Waals surface area (Å²) in [6, 6.07) is 16.2. The predicted molar refractivity (Wildman–Crippen MR) is 139 cm³/mol. The summed E-state index contributed by atoms with van der Waals surface area (Å²) in [5.41, 5.74) is 1.97. The number of carbonyl (C=O) groups is 3. The second-order valence-corrected chi connectivity index (χ2v) is 9.30. The van der Waals surface area contributed by atoms with E-state index in [1.54, 1.807) is 22.3 Å². The number of hydrogen-bond donors (Lipinski definition) is 2. The molecule has 0 saturated carbocycles. The molecule has 1 atom stereocenters. The molecule has 1 aromatic heterocycles. The molecule has 0 spiro atoms. The van der Waals surface area contributed by atoms with E-state index >= 15 is 0 Å². The van der Waals surface area contributed by atoms with Gasteiger partial charge in [0.1, 0.15) is 17.5 Å². The fourth-order valence-electron chi connectivity index (χ4n) is 4.00. The van der Waals surface area contributed by atoms with Crippen molar-refractivity contribution in [3.8, 4) is 5.75 Å². The monoisotopic (exact) mass is 507 g/mol. The molecule has 0 unspecified atom stereocenters. The van der Waals surface area contributed by atoms with Crippen molar-refractivity contribution in [1.82, 2.24) is 20.1 Å². The van der Waals surface area contributed by atoms with Crippen LogP contribution < -0.4 is 15.4 Å². The van der Waals surface area contributed by atoms with E-state index in [1.807, 2.05) is 54.6 Å². The van der Waals surface area contributed by atoms with Crippen molar-refractivity contribution in [1.29, 1.82) is 0 Å². The second kappa shape index (κ2) is 11.7. The van der Waals surface area contributed by atoms with Crippen molar-refractivity contribution in [2.45, 2.75) is 19.4 Å². The molecule has 0 aliphatic carbocycles. The zero-order chi connectivity index (χ0) is 25.5. The number of piperazine rings is 1. The molecule has 2 heterocycles. The van der Waals surface area contributed by atoms with Gasteiger partial charge in [0.2, 0.25) is 11.8 Å². The van der Waals surface area contributed by atoms with Gasteiger partial charge in [0, 0.05) is 56.7 Å². The third kappa shape index (κ3) is 6.39. The Hall–Kier alpha value is -3.92. The summed E-state index contributed by atoms with van der Waals surface area (Å²) < 4.78 is 5.24. The van der Waals surface area contributed by atoms with Gasteiger partial charge < -0.3 is 25.2 Å². The molecule has 1 aliphatic heterocycles. The number of methoxy groups -OCH3 is 1. The number of carbonyl (C=O) groups excluding carboxylic acids is 3. The van der Waals surface area contributed by atoms with E-state index in [4.69, 9.17) is 4.74 Å². The summed E-state index contributed by atoms with van der Waals surface area (Å²) in [5, 5.41) is 8.28. The van der Waals surface area contributed by atoms with Crippen molar-refractivity contribution in [2.24, 2.45) is 0 Å². The molecule has 2 N–H and O–H groups in total. The van der Waals surface area contributed by atoms with Gasteiger partial charge in [-0.2, -0.15) is 0 Å². The minimum absolute atomic E-state index is 0.00173. The van der Waals surface area contributed by atoms with Crippen LogP contribution in [-0.4, -0.2) is 71.8 Å². The van der Waals surface area contributed by atoms with Crippen molar-refractivity contribution in [3.05, 3.63) is 71.2 Å². The molecule has 188 valence electrons. The maximum absolute atomic E-state index is 13.4. The maximum Gasteiger partial charge on any atom is 0.271 e. The Morgan fingerprint density at radius 2 is 1.75 bits per heavy atom. The van der Waals surface area contributed by atoms with Crippen LogP contribution in [0.4, 0.5) is 10.8 Å². The van der Waals surface area contributed by atoms with E-state index in [2.05, 4.69) is 15.6 Å². The van der Waals surface area contributed by atoms with E-state index in [9.17, 15) is 14.4 Å². The number of benzene rings is 2. The minimum Gasteiger partial charge on any atom is -0.497 e. The number of ether oxygens (including phenoxy) is 1. The number of anilines is 2. The maximum atomic E-state index is 13.4. The molecular weight excluding hydrogens is 478 g/mol. The third-order valence-electron chi connectivity index (χ3n) is 5.98. The molecule has 4 rings (SSSR count). The molecule has 1 fully saturated rings. The molecule has 2 aromatic carbocycles. The van der Waals surface area contributed by atoms with Crippen LogP contribution in [0.15, 0.2) is 60.0 Å². The van der Waals surface area contributed by atoms with E-state index < -0.39 is 11.9 Å². The van der Waals surface area contributed by atoms with Crippen LogP contribution in [0.2, 0.25) is 0 Å². The first-order valence-electron chi connectivity index (χ1n) is 11.7. The van der Waals surface area contributed by atoms with E-state index in [0.29, 0.717) is 43.5 Å². The predicted octanol–water partition coefficient (Wildman–Crippen LogP) is 2.93. The lowest BCUT2D eigenvalue weighted by Crippen LogP contribution is -2.56. The average molecular weight is 508 g/mol. The number of hydrogen-bond acceptors (Lipinski definition) is 7. The molecule has 3 aromatic rings. The zero-order valence-corrected chi connectivity index (χ0v) is 21.1. The summed E-state index contributed by atoms with van der Waals surface area (Å²) in [6.45, 7) is 3.37. The molecular formula is C26H29N5O4S. The van der Waals surface area contributed by atoms with Crippen molar-refractivity contribution < 1.29 is 19.1 Å². The number of aromatic nitrogens is 1. The van der Waals surface area contributed by atoms with Gasteiger partial charge in [-0.3, -0.25) is 14.4 Å². The average Bonchev–Trinajstić information content (AvgIpc) is 3.37. The Morgan fingerprint density at radius 1 is 1.03 bits per heavy atom. The van der Waals surface area contributed by atoms with Crippen LogP contribution in [0.1, 0.15) is 23.0 Å². The lowest BCUT2D eigenvalue weighted by atomic mass is 10.0. The number of nitrogens with one attached hydrogen (secondary N) is 2. The van der Waals surface area contributed by atoms with Crippen LogP contribution in [0.3, 0.4) is 0 Å². The van der Waals surface area contributed by atoms with Crippen LogP contribution in [0.5, 0.6) is 5.75 Å². The molecule has 0 radical (unpaired) electrons. The Bertz CT molecular complexity index is 1210. The quantitative estimate of drug-likeness (QED) is 0.486. The van der Waals surface area contributed by atoms with Gasteiger partial charge in [-0.05, 0) is 17.7 Å². The van der Waals surface area contributed by atoms with Crippen LogP contribution >= 0.6 is 11.3 Å². The molecule has 1 saturated heterocycles. The number of amides is 3. The zero-order valence-electron chi connectivity index (χ0n) is 20.3. The van der Waals surface area contributed by atoms with Gasteiger partial charge in [0.05, 0.1) is 7.11 Å². The van der Waals surface area contributed by atoms with Gasteiger partial charge >= 0.3 is 0 Å². The van der Waals surface area contributed by atoms with Gasteiger partial charge in [0.25, 0.3) is 5.91 Å². The number of thiazole rings is 1. The summed E-state index contributed by atoms with van der Waals surface area (Å²) in [7, 11) is 1.60. The third-order valence-corrected chi connectivity index (χ3v) is 6.74. The summed E-state index contributed by atoms with van der Waals surface area (Å²) in [5.74, 6) is 0.126. The van der Waals surface area contributed by atoms with Crippen molar-refractivity contribution in [3.63, 3.8) is 0 Å². The highest BCUT2D eigenvalue weighted by Gasteiger charge is 2.30. The Kier molecular flexibility index (Phi) is 8.17. The molecule has 36 heavy (non-hydrogen) atoms. The van der Waals surface area contributed by atoms with Gasteiger partial charge in [-0.25, -0.2) is 4.98 Å². The number of rotatable bonds is 8. The summed E-state index contributed by atoms with van der Waals surface area (Å²) in [6.07, 6.45) is 0.359. The van der Waals surface area contributed by atoms with E-state index in [1.165, 1.54) is 18.3 Å². The lowest BCUT2D eigenvalue weighted by Gasteiger charge is -2.36. The molecule has 3 amide bonds. The van der Waals surface area contributed by atoms with Crippen LogP contribution in [-0.2, 0) is 16.0 Å². The fourth-order valence-corrected chi connectivity index (χ4v) is 4.71. The lowest BCUT2D eigenvalue weighted by molar-refractivity contribution is -0.139. The standard InChI is InChI=1S/C26H29N5O4S/c1-18(32)30-11-13-31(14-12-30)25(34)22(15-19-7-4-3-5-8-19)28-24(33)23-17-36-26(29-23)27-20-9-6-10-21(16-20)35-2/h3-10,16-17,22H,11-15H2,1-2H3,(H,27,29)(H,28,33)/t22-/m0/s1. The Balaban J connectivity index is 1.45. The van der Waals surface area contributed by atoms with Crippen LogP contribution in [0.25, 0.3) is 0 Å². The minimum atomic E-state index is -0.750. The van der Waals surface area contributed by atoms with E-state index in [-0.39, 0.29) is 17.5 Å². The summed E-state index contributed by atoms with van der Waals surface area (Å²) in [4.78, 5) is 46.0. The van der Waals surface area contributed by atoms with Gasteiger partial charge in [-0.1, -0.05) is 36.4 Å². The van der Waals surface area contributed by atoms with Crippen molar-refractivity contribution in [2.75, 3.05) is 38.6 Å². The topological polar surface area (TPSA) is 104 Å². The smallest absolute Gasteiger partial charge is 0.271 e. The fraction of sp³-hybridized carbons (Fsp3) is 0.308. The van der Waals surface area contributed by atoms with E-state index in [0.717, 1.165) is 11.3 Å². The highest BCUT2D eigenvalue weighted by atomic mass is 32.1. The normalized spacial score (nSPS) is 14.2. The summed E-state index contributed by atoms with van der Waals surface area (Å²) >= 11 is 1.30. The highest BCUT2D eigenvalue weighted by molar-refractivity contribution is 7.14. The SMILES string of the molecule is COc1cccc(Nc2nc(C(=O)N[C@@H](Cc3ccccc3)C(=O)N3CCN(C(C)=O)CC3)cs2)c1. The Labute approximate surface area is 214 Å². The molecule has 0 bridgehead atoms. The highest BCUT2D eigenvalue weighted by Crippen LogP contribution is 2.24. The molecule has 9 nitrogen and oxygen atoms in total. The second-order valence-electron chi connectivity index (χ2n) is 8.44. The van der Waals surface area contributed by atoms with Gasteiger partial charge in [0.15, 0.2) is 5.13 Å². The number of nitrogens with zero attached hydrogens (tertiary/aromatic N) is 3. The molecule has 10 heteroatoms. The first kappa shape index (κ1) is 25.2. The first-order chi connectivity index (χ1) is 17.4. The van der Waals surface area contributed by atoms with Gasteiger partial charge in [-0.15, -0.1) is 11.3 Å². The largest absolute Gasteiger partial charge is 0.497 e. The molecule has 1 aliphatic rings. The Morgan fingerprint density at radius 3 is 2.44 bits per heavy atom. The van der Waals surface area contributed by atoms with Crippen molar-refractivity contribution >= 4 is 39.9 Å².